The molecule has 162 valence electrons. The number of nitrogens with zero attached hydrogens (tertiary/aromatic N) is 1. The number of carbonyl (C=O) groups excluding carboxylic acids is 2. The van der Waals surface area contributed by atoms with Crippen molar-refractivity contribution in [2.45, 2.75) is 13.2 Å². The molecule has 3 aromatic carbocycles. The average Bonchev–Trinajstić information content (AvgIpc) is 3.02. The maximum absolute atomic E-state index is 13.1. The van der Waals surface area contributed by atoms with E-state index in [-0.39, 0.29) is 23.9 Å². The van der Waals surface area contributed by atoms with Gasteiger partial charge in [-0.25, -0.2) is 4.39 Å². The van der Waals surface area contributed by atoms with Gasteiger partial charge in [-0.05, 0) is 71.4 Å². The van der Waals surface area contributed by atoms with Crippen LogP contribution in [0.4, 0.5) is 9.18 Å². The molecule has 1 aliphatic rings. The van der Waals surface area contributed by atoms with Gasteiger partial charge in [0, 0.05) is 15.6 Å². The summed E-state index contributed by atoms with van der Waals surface area (Å²) in [5.41, 5.74) is 2.12. The second-order valence-corrected chi connectivity index (χ2v) is 8.86. The lowest BCUT2D eigenvalue weighted by atomic mass is 10.1. The summed E-state index contributed by atoms with van der Waals surface area (Å²) in [5.74, 6) is -0.293. The fourth-order valence-electron chi connectivity index (χ4n) is 3.10. The molecule has 4 nitrogen and oxygen atoms in total. The van der Waals surface area contributed by atoms with Crippen LogP contribution in [0, 0.1) is 5.82 Å². The molecule has 32 heavy (non-hydrogen) atoms. The lowest BCUT2D eigenvalue weighted by Crippen LogP contribution is -2.27. The molecule has 1 heterocycles. The third kappa shape index (κ3) is 5.33. The quantitative estimate of drug-likeness (QED) is 0.353. The van der Waals surface area contributed by atoms with Gasteiger partial charge in [-0.2, -0.15) is 0 Å². The zero-order valence-corrected chi connectivity index (χ0v) is 18.9. The highest BCUT2D eigenvalue weighted by Crippen LogP contribution is 2.36. The van der Waals surface area contributed by atoms with E-state index in [9.17, 15) is 14.0 Å². The number of hydrogen-bond acceptors (Lipinski definition) is 4. The lowest BCUT2D eigenvalue weighted by molar-refractivity contribution is -0.123. The van der Waals surface area contributed by atoms with E-state index in [1.165, 1.54) is 12.1 Å². The second-order valence-electron chi connectivity index (χ2n) is 7.00. The Hall–Kier alpha value is -2.80. The predicted molar refractivity (Wildman–Crippen MR) is 125 cm³/mol. The van der Waals surface area contributed by atoms with Gasteiger partial charge >= 0.3 is 0 Å². The summed E-state index contributed by atoms with van der Waals surface area (Å²) in [5, 5.41) is 0.683. The highest BCUT2D eigenvalue weighted by atomic mass is 35.5. The van der Waals surface area contributed by atoms with E-state index in [1.54, 1.807) is 48.5 Å². The largest absolute Gasteiger partial charge is 0.488 e. The van der Waals surface area contributed by atoms with E-state index in [0.29, 0.717) is 26.9 Å². The monoisotopic (exact) mass is 487 g/mol. The first-order chi connectivity index (χ1) is 15.4. The number of hydrogen-bond donors (Lipinski definition) is 0. The number of thioether (sulfide) groups is 1. The topological polar surface area (TPSA) is 46.6 Å². The summed E-state index contributed by atoms with van der Waals surface area (Å²) in [6.45, 7) is 0.338. The molecule has 0 aromatic heterocycles. The molecule has 0 unspecified atom stereocenters. The summed E-state index contributed by atoms with van der Waals surface area (Å²) in [7, 11) is 0. The number of halogens is 3. The molecule has 0 aliphatic carbocycles. The Morgan fingerprint density at radius 3 is 2.44 bits per heavy atom. The van der Waals surface area contributed by atoms with Crippen molar-refractivity contribution in [3.05, 3.63) is 104 Å². The van der Waals surface area contributed by atoms with E-state index in [4.69, 9.17) is 27.9 Å². The van der Waals surface area contributed by atoms with Gasteiger partial charge in [0.1, 0.15) is 18.2 Å². The van der Waals surface area contributed by atoms with Crippen LogP contribution in [0.1, 0.15) is 16.7 Å². The van der Waals surface area contributed by atoms with Gasteiger partial charge in [-0.3, -0.25) is 14.5 Å². The summed E-state index contributed by atoms with van der Waals surface area (Å²) >= 11 is 13.0. The minimum Gasteiger partial charge on any atom is -0.488 e. The van der Waals surface area contributed by atoms with Gasteiger partial charge < -0.3 is 4.74 Å². The minimum absolute atomic E-state index is 0.0654. The Morgan fingerprint density at radius 1 is 0.938 bits per heavy atom. The van der Waals surface area contributed by atoms with Crippen molar-refractivity contribution in [2.75, 3.05) is 0 Å². The molecule has 0 bridgehead atoms. The maximum atomic E-state index is 13.1. The van der Waals surface area contributed by atoms with Crippen molar-refractivity contribution < 1.29 is 18.7 Å². The molecule has 0 spiro atoms. The fourth-order valence-corrected chi connectivity index (χ4v) is 4.32. The first-order valence-corrected chi connectivity index (χ1v) is 11.1. The molecule has 1 saturated heterocycles. The van der Waals surface area contributed by atoms with Gasteiger partial charge in [-0.15, -0.1) is 0 Å². The number of amides is 2. The first-order valence-electron chi connectivity index (χ1n) is 9.55. The highest BCUT2D eigenvalue weighted by Gasteiger charge is 2.35. The summed E-state index contributed by atoms with van der Waals surface area (Å²) in [4.78, 5) is 26.7. The van der Waals surface area contributed by atoms with Crippen LogP contribution in [-0.4, -0.2) is 16.0 Å². The van der Waals surface area contributed by atoms with Crippen molar-refractivity contribution in [2.24, 2.45) is 0 Å². The molecule has 0 N–H and O–H groups in total. The second kappa shape index (κ2) is 9.77. The smallest absolute Gasteiger partial charge is 0.293 e. The third-order valence-electron chi connectivity index (χ3n) is 4.67. The molecular weight excluding hydrogens is 472 g/mol. The predicted octanol–water partition coefficient (Wildman–Crippen LogP) is 6.95. The maximum Gasteiger partial charge on any atom is 0.293 e. The molecule has 4 rings (SSSR count). The summed E-state index contributed by atoms with van der Waals surface area (Å²) in [6, 6.07) is 18.0. The van der Waals surface area contributed by atoms with Crippen molar-refractivity contribution >= 4 is 52.2 Å². The Balaban J connectivity index is 1.55. The first kappa shape index (κ1) is 22.4. The number of carbonyl (C=O) groups is 2. The molecule has 8 heteroatoms. The summed E-state index contributed by atoms with van der Waals surface area (Å²) in [6.07, 6.45) is 1.59. The van der Waals surface area contributed by atoms with E-state index in [1.807, 2.05) is 12.1 Å². The number of rotatable bonds is 6. The molecular formula is C24H16Cl2FNO3S. The Bertz CT molecular complexity index is 1210. The Morgan fingerprint density at radius 2 is 1.69 bits per heavy atom. The van der Waals surface area contributed by atoms with Crippen LogP contribution in [0.2, 0.25) is 10.0 Å². The van der Waals surface area contributed by atoms with Crippen LogP contribution in [0.5, 0.6) is 5.75 Å². The molecule has 0 saturated carbocycles. The molecule has 0 atom stereocenters. The van der Waals surface area contributed by atoms with Crippen molar-refractivity contribution in [3.8, 4) is 5.75 Å². The van der Waals surface area contributed by atoms with E-state index < -0.39 is 11.1 Å². The van der Waals surface area contributed by atoms with Crippen LogP contribution < -0.4 is 4.74 Å². The summed E-state index contributed by atoms with van der Waals surface area (Å²) < 4.78 is 19.1. The zero-order valence-electron chi connectivity index (χ0n) is 16.6. The lowest BCUT2D eigenvalue weighted by Gasteiger charge is -2.12. The van der Waals surface area contributed by atoms with E-state index >= 15 is 0 Å². The highest BCUT2D eigenvalue weighted by molar-refractivity contribution is 8.18. The Labute approximate surface area is 198 Å². The van der Waals surface area contributed by atoms with Crippen LogP contribution in [-0.2, 0) is 17.9 Å². The van der Waals surface area contributed by atoms with Crippen LogP contribution in [0.3, 0.4) is 0 Å². The zero-order chi connectivity index (χ0) is 22.7. The molecule has 0 radical (unpaired) electrons. The SMILES string of the molecule is O=C1S/C(=C/c2cc(Cl)ccc2OCc2cccc(Cl)c2)C(=O)N1Cc1ccc(F)cc1. The van der Waals surface area contributed by atoms with E-state index in [0.717, 1.165) is 22.2 Å². The van der Waals surface area contributed by atoms with Crippen molar-refractivity contribution in [1.82, 2.24) is 4.90 Å². The van der Waals surface area contributed by atoms with Gasteiger partial charge in [-0.1, -0.05) is 47.5 Å². The minimum atomic E-state index is -0.426. The molecule has 1 aliphatic heterocycles. The van der Waals surface area contributed by atoms with Gasteiger partial charge in [0.25, 0.3) is 11.1 Å². The molecule has 1 fully saturated rings. The average molecular weight is 488 g/mol. The fraction of sp³-hybridized carbons (Fsp3) is 0.0833. The standard InChI is InChI=1S/C24H16Cl2FNO3S/c25-18-3-1-2-16(10-18)14-31-21-9-6-19(26)11-17(21)12-22-23(29)28(24(30)32-22)13-15-4-7-20(27)8-5-15/h1-12H,13-14H2/b22-12+. The number of imide groups is 1. The number of benzene rings is 3. The van der Waals surface area contributed by atoms with Crippen LogP contribution in [0.25, 0.3) is 6.08 Å². The third-order valence-corrected chi connectivity index (χ3v) is 6.05. The van der Waals surface area contributed by atoms with Gasteiger partial charge in [0.2, 0.25) is 0 Å². The Kier molecular flexibility index (Phi) is 6.84. The van der Waals surface area contributed by atoms with Crippen molar-refractivity contribution in [3.63, 3.8) is 0 Å². The van der Waals surface area contributed by atoms with Crippen LogP contribution in [0.15, 0.2) is 71.6 Å². The van der Waals surface area contributed by atoms with Crippen molar-refractivity contribution in [1.29, 1.82) is 0 Å². The molecule has 3 aromatic rings. The normalized spacial score (nSPS) is 15.0. The van der Waals surface area contributed by atoms with Crippen LogP contribution >= 0.6 is 35.0 Å². The van der Waals surface area contributed by atoms with Gasteiger partial charge in [0.15, 0.2) is 0 Å². The van der Waals surface area contributed by atoms with Gasteiger partial charge in [0.05, 0.1) is 11.4 Å². The molecule has 2 amide bonds. The number of ether oxygens (including phenoxy) is 1. The van der Waals surface area contributed by atoms with E-state index in [2.05, 4.69) is 0 Å².